The fourth-order valence-corrected chi connectivity index (χ4v) is 3.16. The average molecular weight is 276 g/mol. The van der Waals surface area contributed by atoms with Crippen LogP contribution in [0.1, 0.15) is 40.8 Å². The van der Waals surface area contributed by atoms with Gasteiger partial charge >= 0.3 is 0 Å². The number of benzene rings is 1. The van der Waals surface area contributed by atoms with E-state index in [2.05, 4.69) is 13.0 Å². The second kappa shape index (κ2) is 5.76. The topological polar surface area (TPSA) is 29.5 Å². The molecule has 0 amide bonds. The summed E-state index contributed by atoms with van der Waals surface area (Å²) in [6.07, 6.45) is -0.437. The lowest BCUT2D eigenvalue weighted by Crippen LogP contribution is -2.06. The van der Waals surface area contributed by atoms with Crippen molar-refractivity contribution in [2.75, 3.05) is 0 Å². The van der Waals surface area contributed by atoms with Crippen LogP contribution in [0.2, 0.25) is 0 Å². The molecule has 0 bridgehead atoms. The highest BCUT2D eigenvalue weighted by atomic mass is 32.1. The Morgan fingerprint density at radius 2 is 1.89 bits per heavy atom. The number of aryl methyl sites for hydroxylation is 2. The molecule has 0 spiro atoms. The van der Waals surface area contributed by atoms with Gasteiger partial charge in [0.2, 0.25) is 0 Å². The molecule has 0 aliphatic heterocycles. The number of aliphatic hydroxyl groups excluding tert-OH is 1. The van der Waals surface area contributed by atoms with E-state index >= 15 is 0 Å². The summed E-state index contributed by atoms with van der Waals surface area (Å²) in [7, 11) is 0. The van der Waals surface area contributed by atoms with Gasteiger partial charge in [-0.25, -0.2) is 0 Å². The quantitative estimate of drug-likeness (QED) is 0.905. The maximum atomic E-state index is 10.5. The van der Waals surface area contributed by atoms with Crippen molar-refractivity contribution in [2.24, 2.45) is 0 Å². The highest BCUT2D eigenvalue weighted by Gasteiger charge is 2.16. The number of ether oxygens (including phenoxy) is 1. The van der Waals surface area contributed by atoms with Gasteiger partial charge in [-0.1, -0.05) is 12.1 Å². The zero-order valence-electron chi connectivity index (χ0n) is 11.8. The predicted octanol–water partition coefficient (Wildman–Crippen LogP) is 4.23. The first-order chi connectivity index (χ1) is 8.97. The van der Waals surface area contributed by atoms with Gasteiger partial charge in [-0.05, 0) is 57.0 Å². The highest BCUT2D eigenvalue weighted by Crippen LogP contribution is 2.33. The molecule has 3 heteroatoms. The lowest BCUT2D eigenvalue weighted by Gasteiger charge is -2.14. The van der Waals surface area contributed by atoms with Crippen molar-refractivity contribution in [3.63, 3.8) is 0 Å². The van der Waals surface area contributed by atoms with E-state index in [0.717, 1.165) is 21.8 Å². The lowest BCUT2D eigenvalue weighted by atomic mass is 10.1. The monoisotopic (exact) mass is 276 g/mol. The van der Waals surface area contributed by atoms with E-state index in [1.165, 1.54) is 4.88 Å². The van der Waals surface area contributed by atoms with Crippen molar-refractivity contribution >= 4 is 11.3 Å². The molecule has 1 unspecified atom stereocenters. The summed E-state index contributed by atoms with van der Waals surface area (Å²) in [5.41, 5.74) is 2.02. The summed E-state index contributed by atoms with van der Waals surface area (Å²) in [5, 5.41) is 10.5. The van der Waals surface area contributed by atoms with Crippen molar-refractivity contribution in [3.8, 4) is 5.75 Å². The van der Waals surface area contributed by atoms with Crippen LogP contribution in [0.15, 0.2) is 30.3 Å². The van der Waals surface area contributed by atoms with Gasteiger partial charge in [-0.15, -0.1) is 11.3 Å². The number of rotatable bonds is 4. The molecule has 1 aromatic heterocycles. The fraction of sp³-hybridized carbons (Fsp3) is 0.375. The maximum Gasteiger partial charge on any atom is 0.120 e. The summed E-state index contributed by atoms with van der Waals surface area (Å²) >= 11 is 1.65. The summed E-state index contributed by atoms with van der Waals surface area (Å²) < 4.78 is 5.67. The molecule has 2 nitrogen and oxygen atoms in total. The van der Waals surface area contributed by atoms with Crippen LogP contribution in [0, 0.1) is 13.8 Å². The average Bonchev–Trinajstić information content (AvgIpc) is 2.67. The molecule has 2 rings (SSSR count). The third-order valence-electron chi connectivity index (χ3n) is 2.87. The molecule has 0 aliphatic rings. The minimum absolute atomic E-state index is 0.137. The Morgan fingerprint density at radius 3 is 2.47 bits per heavy atom. The van der Waals surface area contributed by atoms with Crippen LogP contribution in [0.3, 0.4) is 0 Å². The van der Waals surface area contributed by atoms with Crippen LogP contribution >= 0.6 is 11.3 Å². The molecule has 0 saturated carbocycles. The number of hydrogen-bond donors (Lipinski definition) is 1. The van der Waals surface area contributed by atoms with Crippen LogP contribution in [-0.2, 0) is 0 Å². The molecule has 0 aliphatic carbocycles. The summed E-state index contributed by atoms with van der Waals surface area (Å²) in [5.74, 6) is 0.803. The normalized spacial score (nSPS) is 12.7. The first-order valence-corrected chi connectivity index (χ1v) is 7.30. The molecule has 1 atom stereocenters. The predicted molar refractivity (Wildman–Crippen MR) is 80.1 cm³/mol. The largest absolute Gasteiger partial charge is 0.491 e. The summed E-state index contributed by atoms with van der Waals surface area (Å²) in [6.45, 7) is 8.09. The van der Waals surface area contributed by atoms with Gasteiger partial charge in [-0.2, -0.15) is 0 Å². The van der Waals surface area contributed by atoms with Gasteiger partial charge in [0.1, 0.15) is 11.9 Å². The van der Waals surface area contributed by atoms with Gasteiger partial charge < -0.3 is 9.84 Å². The second-order valence-electron chi connectivity index (χ2n) is 5.05. The molecular formula is C16H20O2S. The second-order valence-corrected chi connectivity index (χ2v) is 6.33. The number of hydrogen-bond acceptors (Lipinski definition) is 3. The van der Waals surface area contributed by atoms with Gasteiger partial charge in [0.05, 0.1) is 6.10 Å². The van der Waals surface area contributed by atoms with Crippen molar-refractivity contribution in [3.05, 3.63) is 51.2 Å². The van der Waals surface area contributed by atoms with Crippen molar-refractivity contribution in [2.45, 2.75) is 39.9 Å². The minimum Gasteiger partial charge on any atom is -0.491 e. The van der Waals surface area contributed by atoms with E-state index in [1.807, 2.05) is 45.0 Å². The van der Waals surface area contributed by atoms with Crippen molar-refractivity contribution < 1.29 is 9.84 Å². The van der Waals surface area contributed by atoms with Crippen LogP contribution in [0.5, 0.6) is 5.75 Å². The van der Waals surface area contributed by atoms with Crippen LogP contribution in [0.4, 0.5) is 0 Å². The number of aliphatic hydroxyl groups is 1. The Hall–Kier alpha value is -1.32. The Morgan fingerprint density at radius 1 is 1.16 bits per heavy atom. The molecule has 19 heavy (non-hydrogen) atoms. The highest BCUT2D eigenvalue weighted by molar-refractivity contribution is 7.12. The first kappa shape index (κ1) is 14.1. The van der Waals surface area contributed by atoms with Crippen molar-refractivity contribution in [1.29, 1.82) is 0 Å². The van der Waals surface area contributed by atoms with Gasteiger partial charge in [0.25, 0.3) is 0 Å². The third kappa shape index (κ3) is 3.37. The molecule has 1 heterocycles. The van der Waals surface area contributed by atoms with E-state index in [1.54, 1.807) is 11.3 Å². The fourth-order valence-electron chi connectivity index (χ4n) is 2.11. The van der Waals surface area contributed by atoms with E-state index in [0.29, 0.717) is 0 Å². The SMILES string of the molecule is Cc1cc(C)c(C(O)c2cccc(OC(C)C)c2)s1. The Kier molecular flexibility index (Phi) is 4.27. The lowest BCUT2D eigenvalue weighted by molar-refractivity contribution is 0.219. The van der Waals surface area contributed by atoms with E-state index in [-0.39, 0.29) is 6.10 Å². The zero-order valence-corrected chi connectivity index (χ0v) is 12.6. The van der Waals surface area contributed by atoms with Gasteiger partial charge in [0, 0.05) is 9.75 Å². The molecule has 1 aromatic carbocycles. The third-order valence-corrected chi connectivity index (χ3v) is 4.08. The molecule has 102 valence electrons. The smallest absolute Gasteiger partial charge is 0.120 e. The number of thiophene rings is 1. The van der Waals surface area contributed by atoms with Crippen LogP contribution < -0.4 is 4.74 Å². The van der Waals surface area contributed by atoms with E-state index < -0.39 is 6.10 Å². The molecule has 2 aromatic rings. The molecule has 0 fully saturated rings. The van der Waals surface area contributed by atoms with Gasteiger partial charge in [0.15, 0.2) is 0 Å². The zero-order chi connectivity index (χ0) is 14.0. The molecule has 0 radical (unpaired) electrons. The Balaban J connectivity index is 2.28. The molecule has 0 saturated heterocycles. The Bertz CT molecular complexity index is 558. The maximum absolute atomic E-state index is 10.5. The minimum atomic E-state index is -0.575. The van der Waals surface area contributed by atoms with Crippen LogP contribution in [0.25, 0.3) is 0 Å². The van der Waals surface area contributed by atoms with E-state index in [9.17, 15) is 5.11 Å². The summed E-state index contributed by atoms with van der Waals surface area (Å²) in [4.78, 5) is 2.24. The van der Waals surface area contributed by atoms with Gasteiger partial charge in [-0.3, -0.25) is 0 Å². The van der Waals surface area contributed by atoms with E-state index in [4.69, 9.17) is 4.74 Å². The Labute approximate surface area is 118 Å². The standard InChI is InChI=1S/C16H20O2S/c1-10(2)18-14-7-5-6-13(9-14)15(17)16-11(3)8-12(4)19-16/h5-10,15,17H,1-4H3. The van der Waals surface area contributed by atoms with Crippen molar-refractivity contribution in [1.82, 2.24) is 0 Å². The summed E-state index contributed by atoms with van der Waals surface area (Å²) in [6, 6.07) is 9.80. The molecular weight excluding hydrogens is 256 g/mol. The first-order valence-electron chi connectivity index (χ1n) is 6.49. The van der Waals surface area contributed by atoms with Crippen LogP contribution in [-0.4, -0.2) is 11.2 Å². The molecule has 1 N–H and O–H groups in total.